The summed E-state index contributed by atoms with van der Waals surface area (Å²) in [6.45, 7) is 3.67. The van der Waals surface area contributed by atoms with Crippen LogP contribution in [0.5, 0.6) is 0 Å². The van der Waals surface area contributed by atoms with E-state index in [-0.39, 0.29) is 17.4 Å². The van der Waals surface area contributed by atoms with Gasteiger partial charge in [0.15, 0.2) is 0 Å². The number of aryl methyl sites for hydroxylation is 2. The van der Waals surface area contributed by atoms with Crippen molar-refractivity contribution in [3.8, 4) is 0 Å². The maximum atomic E-state index is 12.3. The lowest BCUT2D eigenvalue weighted by molar-refractivity contribution is -0.127. The molecule has 7 nitrogen and oxygen atoms in total. The first-order chi connectivity index (χ1) is 11.6. The number of carbonyl (C=O) groups is 2. The quantitative estimate of drug-likeness (QED) is 0.765. The van der Waals surface area contributed by atoms with Crippen LogP contribution in [0.3, 0.4) is 0 Å². The molecule has 7 heteroatoms. The Kier molecular flexibility index (Phi) is 4.97. The highest BCUT2D eigenvalue weighted by atomic mass is 16.2. The van der Waals surface area contributed by atoms with Crippen LogP contribution in [-0.2, 0) is 22.4 Å². The van der Waals surface area contributed by atoms with Crippen LogP contribution in [0.2, 0.25) is 0 Å². The fraction of sp³-hybridized carbons (Fsp3) is 0.647. The zero-order valence-electron chi connectivity index (χ0n) is 14.1. The van der Waals surface area contributed by atoms with E-state index < -0.39 is 6.04 Å². The molecule has 1 atom stereocenters. The van der Waals surface area contributed by atoms with Gasteiger partial charge in [-0.3, -0.25) is 14.4 Å². The Hall–Kier alpha value is -2.18. The topological polar surface area (TPSA) is 84.3 Å². The Labute approximate surface area is 141 Å². The van der Waals surface area contributed by atoms with Crippen LogP contribution in [0, 0.1) is 0 Å². The van der Waals surface area contributed by atoms with Crippen molar-refractivity contribution in [1.29, 1.82) is 0 Å². The standard InChI is InChI=1S/C17H24N4O3/c1-12(21-16(23)11-13-5-2-6-14(13)19-21)17(24)18-8-4-10-20-9-3-7-15(20)22/h11-12H,2-10H2,1H3,(H,18,24)/t12-/m1/s1. The van der Waals surface area contributed by atoms with Gasteiger partial charge >= 0.3 is 0 Å². The van der Waals surface area contributed by atoms with E-state index in [9.17, 15) is 14.4 Å². The Morgan fingerprint density at radius 1 is 1.29 bits per heavy atom. The molecule has 1 fully saturated rings. The van der Waals surface area contributed by atoms with Crippen LogP contribution in [0.1, 0.15) is 49.9 Å². The third-order valence-electron chi connectivity index (χ3n) is 4.80. The van der Waals surface area contributed by atoms with Crippen LogP contribution in [0.15, 0.2) is 10.9 Å². The molecule has 1 N–H and O–H groups in total. The first-order valence-electron chi connectivity index (χ1n) is 8.73. The van der Waals surface area contributed by atoms with Crippen molar-refractivity contribution in [2.45, 2.75) is 51.5 Å². The van der Waals surface area contributed by atoms with Crippen LogP contribution >= 0.6 is 0 Å². The van der Waals surface area contributed by atoms with Gasteiger partial charge in [-0.2, -0.15) is 5.10 Å². The highest BCUT2D eigenvalue weighted by molar-refractivity contribution is 5.79. The SMILES string of the molecule is C[C@H](C(=O)NCCCN1CCCC1=O)n1nc2c(cc1=O)CCC2. The van der Waals surface area contributed by atoms with E-state index in [0.717, 1.165) is 49.9 Å². The summed E-state index contributed by atoms with van der Waals surface area (Å²) in [6, 6.07) is 0.981. The van der Waals surface area contributed by atoms with Gasteiger partial charge in [0.1, 0.15) is 6.04 Å². The van der Waals surface area contributed by atoms with Crippen LogP contribution in [-0.4, -0.2) is 46.1 Å². The molecule has 0 radical (unpaired) electrons. The zero-order chi connectivity index (χ0) is 17.1. The lowest BCUT2D eigenvalue weighted by Crippen LogP contribution is -2.38. The number of hydrogen-bond donors (Lipinski definition) is 1. The van der Waals surface area contributed by atoms with E-state index in [1.807, 2.05) is 4.90 Å². The minimum absolute atomic E-state index is 0.198. The summed E-state index contributed by atoms with van der Waals surface area (Å²) in [5, 5.41) is 7.20. The predicted octanol–water partition coefficient (Wildman–Crippen LogP) is 0.422. The molecule has 1 saturated heterocycles. The molecule has 0 bridgehead atoms. The van der Waals surface area contributed by atoms with Gasteiger partial charge < -0.3 is 10.2 Å². The summed E-state index contributed by atoms with van der Waals surface area (Å²) < 4.78 is 1.28. The fourth-order valence-electron chi connectivity index (χ4n) is 3.37. The highest BCUT2D eigenvalue weighted by Crippen LogP contribution is 2.18. The number of likely N-dealkylation sites (tertiary alicyclic amines) is 1. The van der Waals surface area contributed by atoms with Gasteiger partial charge in [0.25, 0.3) is 5.56 Å². The Morgan fingerprint density at radius 2 is 2.12 bits per heavy atom. The molecule has 1 aromatic rings. The first kappa shape index (κ1) is 16.7. The molecule has 2 heterocycles. The predicted molar refractivity (Wildman–Crippen MR) is 88.7 cm³/mol. The molecule has 0 aromatic carbocycles. The minimum Gasteiger partial charge on any atom is -0.354 e. The van der Waals surface area contributed by atoms with Gasteiger partial charge in [-0.1, -0.05) is 0 Å². The average molecular weight is 332 g/mol. The number of nitrogens with one attached hydrogen (secondary N) is 1. The van der Waals surface area contributed by atoms with Crippen molar-refractivity contribution in [2.75, 3.05) is 19.6 Å². The van der Waals surface area contributed by atoms with E-state index in [0.29, 0.717) is 19.5 Å². The molecular weight excluding hydrogens is 308 g/mol. The van der Waals surface area contributed by atoms with E-state index in [1.165, 1.54) is 4.68 Å². The minimum atomic E-state index is -0.628. The molecule has 130 valence electrons. The monoisotopic (exact) mass is 332 g/mol. The number of amides is 2. The summed E-state index contributed by atoms with van der Waals surface area (Å²) in [5.74, 6) is -0.0149. The zero-order valence-corrected chi connectivity index (χ0v) is 14.1. The summed E-state index contributed by atoms with van der Waals surface area (Å²) in [5.41, 5.74) is 1.72. The molecule has 0 spiro atoms. The van der Waals surface area contributed by atoms with Crippen molar-refractivity contribution in [2.24, 2.45) is 0 Å². The summed E-state index contributed by atoms with van der Waals surface area (Å²) >= 11 is 0. The maximum absolute atomic E-state index is 12.3. The number of carbonyl (C=O) groups excluding carboxylic acids is 2. The molecule has 3 rings (SSSR count). The van der Waals surface area contributed by atoms with Gasteiger partial charge in [0, 0.05) is 32.1 Å². The second-order valence-corrected chi connectivity index (χ2v) is 6.56. The lowest BCUT2D eigenvalue weighted by atomic mass is 10.2. The number of nitrogens with zero attached hydrogens (tertiary/aromatic N) is 3. The molecule has 1 aliphatic heterocycles. The molecular formula is C17H24N4O3. The Bertz CT molecular complexity index is 698. The normalized spacial score (nSPS) is 17.9. The number of aromatic nitrogens is 2. The Morgan fingerprint density at radius 3 is 2.88 bits per heavy atom. The van der Waals surface area contributed by atoms with E-state index in [2.05, 4.69) is 10.4 Å². The third kappa shape index (κ3) is 3.49. The van der Waals surface area contributed by atoms with Gasteiger partial charge in [-0.05, 0) is 44.6 Å². The second-order valence-electron chi connectivity index (χ2n) is 6.56. The molecule has 0 unspecified atom stereocenters. The largest absolute Gasteiger partial charge is 0.354 e. The molecule has 2 amide bonds. The molecule has 1 aromatic heterocycles. The number of fused-ring (bicyclic) bond motifs is 1. The van der Waals surface area contributed by atoms with Crippen molar-refractivity contribution in [1.82, 2.24) is 20.0 Å². The van der Waals surface area contributed by atoms with Gasteiger partial charge in [0.05, 0.1) is 5.69 Å². The Balaban J connectivity index is 1.51. The van der Waals surface area contributed by atoms with Gasteiger partial charge in [-0.25, -0.2) is 4.68 Å². The molecule has 24 heavy (non-hydrogen) atoms. The van der Waals surface area contributed by atoms with Crippen LogP contribution < -0.4 is 10.9 Å². The summed E-state index contributed by atoms with van der Waals surface area (Å²) in [4.78, 5) is 37.8. The third-order valence-corrected chi connectivity index (χ3v) is 4.80. The van der Waals surface area contributed by atoms with Crippen LogP contribution in [0.4, 0.5) is 0 Å². The molecule has 0 saturated carbocycles. The van der Waals surface area contributed by atoms with Crippen molar-refractivity contribution < 1.29 is 9.59 Å². The lowest BCUT2D eigenvalue weighted by Gasteiger charge is -2.17. The molecule has 2 aliphatic rings. The van der Waals surface area contributed by atoms with E-state index in [1.54, 1.807) is 13.0 Å². The van der Waals surface area contributed by atoms with Gasteiger partial charge in [0.2, 0.25) is 11.8 Å². The highest BCUT2D eigenvalue weighted by Gasteiger charge is 2.22. The summed E-state index contributed by atoms with van der Waals surface area (Å²) in [6.07, 6.45) is 5.06. The molecule has 1 aliphatic carbocycles. The fourth-order valence-corrected chi connectivity index (χ4v) is 3.37. The van der Waals surface area contributed by atoms with Crippen LogP contribution in [0.25, 0.3) is 0 Å². The van der Waals surface area contributed by atoms with Crippen molar-refractivity contribution >= 4 is 11.8 Å². The average Bonchev–Trinajstić information content (AvgIpc) is 3.18. The van der Waals surface area contributed by atoms with Gasteiger partial charge in [-0.15, -0.1) is 0 Å². The van der Waals surface area contributed by atoms with E-state index in [4.69, 9.17) is 0 Å². The van der Waals surface area contributed by atoms with Crippen molar-refractivity contribution in [3.63, 3.8) is 0 Å². The van der Waals surface area contributed by atoms with E-state index >= 15 is 0 Å². The first-order valence-corrected chi connectivity index (χ1v) is 8.73. The van der Waals surface area contributed by atoms with Crippen molar-refractivity contribution in [3.05, 3.63) is 27.7 Å². The smallest absolute Gasteiger partial charge is 0.267 e. The maximum Gasteiger partial charge on any atom is 0.267 e. The number of rotatable bonds is 6. The second kappa shape index (κ2) is 7.15. The summed E-state index contributed by atoms with van der Waals surface area (Å²) in [7, 11) is 0. The number of hydrogen-bond acceptors (Lipinski definition) is 4.